The Hall–Kier alpha value is -2.24. The number of hydrogen-bond acceptors (Lipinski definition) is 4. The molecule has 134 valence electrons. The van der Waals surface area contributed by atoms with Crippen LogP contribution in [0.2, 0.25) is 5.02 Å². The van der Waals surface area contributed by atoms with Gasteiger partial charge in [0.1, 0.15) is 0 Å². The summed E-state index contributed by atoms with van der Waals surface area (Å²) in [7, 11) is 0. The van der Waals surface area contributed by atoms with Gasteiger partial charge in [0.15, 0.2) is 5.82 Å². The monoisotopic (exact) mass is 367 g/mol. The summed E-state index contributed by atoms with van der Waals surface area (Å²) in [5.41, 5.74) is 2.48. The highest BCUT2D eigenvalue weighted by Gasteiger charge is 2.29. The Labute approximate surface area is 158 Å². The highest BCUT2D eigenvalue weighted by molar-refractivity contribution is 6.30. The normalized spacial score (nSPS) is 16.0. The molecule has 1 aliphatic rings. The summed E-state index contributed by atoms with van der Waals surface area (Å²) >= 11 is 6.09. The van der Waals surface area contributed by atoms with Crippen molar-refractivity contribution in [3.05, 3.63) is 76.6 Å². The molecule has 1 aromatic heterocycles. The number of aryl methyl sites for hydroxylation is 2. The predicted octanol–water partition coefficient (Wildman–Crippen LogP) is 3.75. The van der Waals surface area contributed by atoms with E-state index in [1.54, 1.807) is 0 Å². The van der Waals surface area contributed by atoms with Gasteiger partial charge in [-0.15, -0.1) is 5.10 Å². The van der Waals surface area contributed by atoms with E-state index in [9.17, 15) is 0 Å². The van der Waals surface area contributed by atoms with Gasteiger partial charge in [-0.25, -0.2) is 4.68 Å². The first-order valence-electron chi connectivity index (χ1n) is 9.11. The van der Waals surface area contributed by atoms with Gasteiger partial charge in [-0.05, 0) is 66.0 Å². The van der Waals surface area contributed by atoms with Crippen LogP contribution in [-0.2, 0) is 13.0 Å². The lowest BCUT2D eigenvalue weighted by molar-refractivity contribution is 0.263. The maximum absolute atomic E-state index is 6.09. The average Bonchev–Trinajstić information content (AvgIpc) is 3.36. The molecule has 3 aromatic rings. The molecule has 0 N–H and O–H groups in total. The van der Waals surface area contributed by atoms with Crippen molar-refractivity contribution in [3.8, 4) is 0 Å². The molecule has 0 aliphatic carbocycles. The Morgan fingerprint density at radius 1 is 0.962 bits per heavy atom. The molecule has 0 amide bonds. The van der Waals surface area contributed by atoms with E-state index in [0.29, 0.717) is 0 Å². The number of nitrogens with zero attached hydrogens (tertiary/aromatic N) is 5. The first-order valence-corrected chi connectivity index (χ1v) is 9.48. The van der Waals surface area contributed by atoms with Gasteiger partial charge in [0.2, 0.25) is 0 Å². The third-order valence-corrected chi connectivity index (χ3v) is 5.20. The topological polar surface area (TPSA) is 46.8 Å². The molecule has 0 spiro atoms. The van der Waals surface area contributed by atoms with E-state index in [1.807, 2.05) is 22.9 Å². The van der Waals surface area contributed by atoms with Crippen molar-refractivity contribution >= 4 is 11.6 Å². The van der Waals surface area contributed by atoms with Crippen LogP contribution in [0.15, 0.2) is 54.6 Å². The fraction of sp³-hybridized carbons (Fsp3) is 0.350. The van der Waals surface area contributed by atoms with E-state index >= 15 is 0 Å². The minimum absolute atomic E-state index is 0.0699. The van der Waals surface area contributed by atoms with Crippen LogP contribution in [0.4, 0.5) is 0 Å². The van der Waals surface area contributed by atoms with Crippen molar-refractivity contribution in [1.82, 2.24) is 25.1 Å². The zero-order valence-corrected chi connectivity index (χ0v) is 15.4. The second kappa shape index (κ2) is 7.98. The summed E-state index contributed by atoms with van der Waals surface area (Å²) in [4.78, 5) is 2.47. The van der Waals surface area contributed by atoms with Gasteiger partial charge in [-0.1, -0.05) is 54.1 Å². The van der Waals surface area contributed by atoms with Crippen molar-refractivity contribution < 1.29 is 0 Å². The molecular formula is C20H22ClN5. The second-order valence-electron chi connectivity index (χ2n) is 6.69. The highest BCUT2D eigenvalue weighted by Crippen LogP contribution is 2.30. The third-order valence-electron chi connectivity index (χ3n) is 4.95. The fourth-order valence-corrected chi connectivity index (χ4v) is 3.74. The van der Waals surface area contributed by atoms with E-state index in [4.69, 9.17) is 11.6 Å². The number of halogens is 1. The summed E-state index contributed by atoms with van der Waals surface area (Å²) in [6.07, 6.45) is 3.34. The molecule has 1 fully saturated rings. The Balaban J connectivity index is 1.61. The molecule has 6 heteroatoms. The van der Waals surface area contributed by atoms with Crippen LogP contribution in [0.5, 0.6) is 0 Å². The highest BCUT2D eigenvalue weighted by atomic mass is 35.5. The number of hydrogen-bond donors (Lipinski definition) is 0. The first-order chi connectivity index (χ1) is 12.8. The van der Waals surface area contributed by atoms with Gasteiger partial charge in [-0.2, -0.15) is 0 Å². The van der Waals surface area contributed by atoms with Gasteiger partial charge in [0.05, 0.1) is 6.04 Å². The van der Waals surface area contributed by atoms with E-state index in [-0.39, 0.29) is 6.04 Å². The number of aromatic nitrogens is 4. The lowest BCUT2D eigenvalue weighted by Gasteiger charge is -2.27. The predicted molar refractivity (Wildman–Crippen MR) is 102 cm³/mol. The maximum Gasteiger partial charge on any atom is 0.173 e. The number of tetrazole rings is 1. The van der Waals surface area contributed by atoms with Gasteiger partial charge in [0, 0.05) is 11.6 Å². The molecule has 0 unspecified atom stereocenters. The Kier molecular flexibility index (Phi) is 5.27. The van der Waals surface area contributed by atoms with Crippen molar-refractivity contribution in [1.29, 1.82) is 0 Å². The Bertz CT molecular complexity index is 825. The zero-order valence-electron chi connectivity index (χ0n) is 14.6. The van der Waals surface area contributed by atoms with Crippen molar-refractivity contribution in [2.24, 2.45) is 0 Å². The lowest BCUT2D eigenvalue weighted by Crippen LogP contribution is -2.29. The van der Waals surface area contributed by atoms with Crippen LogP contribution in [0.1, 0.15) is 35.8 Å². The van der Waals surface area contributed by atoms with Crippen LogP contribution in [-0.4, -0.2) is 38.2 Å². The average molecular weight is 368 g/mol. The van der Waals surface area contributed by atoms with E-state index in [1.165, 1.54) is 24.0 Å². The molecule has 1 atom stereocenters. The molecular weight excluding hydrogens is 346 g/mol. The minimum atomic E-state index is 0.0699. The summed E-state index contributed by atoms with van der Waals surface area (Å²) in [5.74, 6) is 0.908. The van der Waals surface area contributed by atoms with E-state index < -0.39 is 0 Å². The molecule has 5 nitrogen and oxygen atoms in total. The summed E-state index contributed by atoms with van der Waals surface area (Å²) < 4.78 is 1.95. The second-order valence-corrected chi connectivity index (χ2v) is 7.13. The van der Waals surface area contributed by atoms with Gasteiger partial charge >= 0.3 is 0 Å². The zero-order chi connectivity index (χ0) is 17.8. The van der Waals surface area contributed by atoms with Crippen LogP contribution in [0.25, 0.3) is 0 Å². The molecule has 26 heavy (non-hydrogen) atoms. The standard InChI is InChI=1S/C20H22ClN5/c21-18-10-8-17(9-11-18)19(25-13-4-5-14-25)20-22-23-24-26(20)15-12-16-6-2-1-3-7-16/h1-3,6-11,19H,4-5,12-15H2/t19-/m0/s1. The van der Waals surface area contributed by atoms with E-state index in [2.05, 4.69) is 56.8 Å². The van der Waals surface area contributed by atoms with Crippen molar-refractivity contribution in [2.75, 3.05) is 13.1 Å². The van der Waals surface area contributed by atoms with Crippen LogP contribution in [0, 0.1) is 0 Å². The molecule has 2 heterocycles. The van der Waals surface area contributed by atoms with Crippen LogP contribution in [0.3, 0.4) is 0 Å². The van der Waals surface area contributed by atoms with Gasteiger partial charge < -0.3 is 0 Å². The SMILES string of the molecule is Clc1ccc([C@@H](c2nnnn2CCc2ccccc2)N2CCCC2)cc1. The number of likely N-dealkylation sites (tertiary alicyclic amines) is 1. The molecule has 2 aromatic carbocycles. The summed E-state index contributed by atoms with van der Waals surface area (Å²) in [5, 5.41) is 13.4. The summed E-state index contributed by atoms with van der Waals surface area (Å²) in [6, 6.07) is 18.6. The summed E-state index contributed by atoms with van der Waals surface area (Å²) in [6.45, 7) is 2.90. The van der Waals surface area contributed by atoms with Crippen molar-refractivity contribution in [3.63, 3.8) is 0 Å². The maximum atomic E-state index is 6.09. The smallest absolute Gasteiger partial charge is 0.173 e. The van der Waals surface area contributed by atoms with Gasteiger partial charge in [0.25, 0.3) is 0 Å². The Morgan fingerprint density at radius 2 is 1.69 bits per heavy atom. The Morgan fingerprint density at radius 3 is 2.42 bits per heavy atom. The van der Waals surface area contributed by atoms with Crippen LogP contribution >= 0.6 is 11.6 Å². The van der Waals surface area contributed by atoms with Crippen molar-refractivity contribution in [2.45, 2.75) is 31.8 Å². The number of rotatable bonds is 6. The molecule has 0 bridgehead atoms. The molecule has 1 saturated heterocycles. The van der Waals surface area contributed by atoms with Gasteiger partial charge in [-0.3, -0.25) is 4.90 Å². The van der Waals surface area contributed by atoms with Crippen LogP contribution < -0.4 is 0 Å². The molecule has 0 radical (unpaired) electrons. The molecule has 4 rings (SSSR count). The number of benzene rings is 2. The quantitative estimate of drug-likeness (QED) is 0.665. The third kappa shape index (κ3) is 3.79. The lowest BCUT2D eigenvalue weighted by atomic mass is 10.0. The largest absolute Gasteiger partial charge is 0.290 e. The molecule has 1 aliphatic heterocycles. The fourth-order valence-electron chi connectivity index (χ4n) is 3.61. The first kappa shape index (κ1) is 17.2. The minimum Gasteiger partial charge on any atom is -0.290 e. The molecule has 0 saturated carbocycles. The van der Waals surface area contributed by atoms with E-state index in [0.717, 1.165) is 36.9 Å².